The lowest BCUT2D eigenvalue weighted by Gasteiger charge is -2.26. The molecule has 4 rings (SSSR count). The lowest BCUT2D eigenvalue weighted by atomic mass is 9.85. The molecule has 0 saturated heterocycles. The number of ether oxygens (including phenoxy) is 1. The van der Waals surface area contributed by atoms with Crippen LogP contribution in [0.5, 0.6) is 5.75 Å². The van der Waals surface area contributed by atoms with Gasteiger partial charge in [0.2, 0.25) is 0 Å². The molecule has 0 saturated carbocycles. The number of aliphatic hydroxyl groups is 1. The van der Waals surface area contributed by atoms with E-state index in [9.17, 15) is 27.9 Å². The third kappa shape index (κ3) is 5.32. The molecule has 2 heterocycles. The van der Waals surface area contributed by atoms with Crippen LogP contribution in [0.15, 0.2) is 72.0 Å². The first-order chi connectivity index (χ1) is 17.3. The fourth-order valence-corrected chi connectivity index (χ4v) is 4.04. The lowest BCUT2D eigenvalue weighted by molar-refractivity contribution is -0.274. The summed E-state index contributed by atoms with van der Waals surface area (Å²) >= 11 is 0. The van der Waals surface area contributed by atoms with E-state index in [1.165, 1.54) is 18.2 Å². The molecule has 0 aliphatic carbocycles. The molecule has 1 aromatic heterocycles. The zero-order valence-electron chi connectivity index (χ0n) is 20.5. The minimum Gasteiger partial charge on any atom is -0.503 e. The molecular weight excluding hydrogens is 487 g/mol. The first kappa shape index (κ1) is 25.9. The number of benzene rings is 2. The quantitative estimate of drug-likeness (QED) is 0.438. The molecule has 0 bridgehead atoms. The number of aromatic nitrogens is 2. The molecule has 0 spiro atoms. The highest BCUT2D eigenvalue weighted by molar-refractivity contribution is 6.20. The summed E-state index contributed by atoms with van der Waals surface area (Å²) in [5.74, 6) is -2.66. The molecule has 0 fully saturated rings. The lowest BCUT2D eigenvalue weighted by Crippen LogP contribution is -2.32. The van der Waals surface area contributed by atoms with E-state index in [4.69, 9.17) is 0 Å². The molecule has 1 amide bonds. The first-order valence-electron chi connectivity index (χ1n) is 11.3. The molecule has 1 atom stereocenters. The Morgan fingerprint density at radius 2 is 1.57 bits per heavy atom. The van der Waals surface area contributed by atoms with E-state index in [-0.39, 0.29) is 27.9 Å². The largest absolute Gasteiger partial charge is 0.573 e. The van der Waals surface area contributed by atoms with Gasteiger partial charge in [-0.05, 0) is 47.7 Å². The number of anilines is 1. The van der Waals surface area contributed by atoms with Crippen LogP contribution in [0.25, 0.3) is 0 Å². The van der Waals surface area contributed by atoms with Crippen LogP contribution in [0, 0.1) is 6.92 Å². The summed E-state index contributed by atoms with van der Waals surface area (Å²) < 4.78 is 41.9. The molecule has 2 aromatic carbocycles. The number of aliphatic hydroxyl groups excluding tert-OH is 1. The highest BCUT2D eigenvalue weighted by atomic mass is 19.4. The van der Waals surface area contributed by atoms with Crippen molar-refractivity contribution in [2.75, 3.05) is 4.90 Å². The predicted molar refractivity (Wildman–Crippen MR) is 129 cm³/mol. The molecule has 37 heavy (non-hydrogen) atoms. The van der Waals surface area contributed by atoms with Gasteiger partial charge in [0.1, 0.15) is 5.75 Å². The Morgan fingerprint density at radius 1 is 0.946 bits per heavy atom. The van der Waals surface area contributed by atoms with Crippen LogP contribution in [0.3, 0.4) is 0 Å². The molecule has 3 aromatic rings. The predicted octanol–water partition coefficient (Wildman–Crippen LogP) is 5.76. The monoisotopic (exact) mass is 511 g/mol. The third-order valence-corrected chi connectivity index (χ3v) is 5.93. The molecule has 1 aliphatic rings. The molecule has 192 valence electrons. The molecule has 1 aliphatic heterocycles. The number of aryl methyl sites for hydroxylation is 1. The smallest absolute Gasteiger partial charge is 0.503 e. The van der Waals surface area contributed by atoms with Gasteiger partial charge in [-0.3, -0.25) is 14.5 Å². The van der Waals surface area contributed by atoms with Crippen LogP contribution in [-0.4, -0.2) is 33.4 Å². The molecular formula is C27H24F3N3O4. The summed E-state index contributed by atoms with van der Waals surface area (Å²) in [6.07, 6.45) is -4.88. The number of carbonyl (C=O) groups is 2. The van der Waals surface area contributed by atoms with Crippen molar-refractivity contribution < 1.29 is 32.6 Å². The zero-order chi connectivity index (χ0) is 27.1. The second kappa shape index (κ2) is 9.34. The number of amides is 1. The van der Waals surface area contributed by atoms with Gasteiger partial charge < -0.3 is 9.84 Å². The van der Waals surface area contributed by atoms with Gasteiger partial charge >= 0.3 is 6.36 Å². The van der Waals surface area contributed by atoms with Crippen molar-refractivity contribution in [2.24, 2.45) is 0 Å². The minimum atomic E-state index is -4.88. The van der Waals surface area contributed by atoms with E-state index in [0.717, 1.165) is 22.6 Å². The zero-order valence-corrected chi connectivity index (χ0v) is 20.5. The fourth-order valence-electron chi connectivity index (χ4n) is 4.04. The van der Waals surface area contributed by atoms with Gasteiger partial charge in [-0.25, -0.2) is 0 Å². The van der Waals surface area contributed by atoms with Gasteiger partial charge in [0.15, 0.2) is 17.4 Å². The van der Waals surface area contributed by atoms with E-state index in [1.54, 1.807) is 37.3 Å². The van der Waals surface area contributed by atoms with E-state index in [0.29, 0.717) is 5.69 Å². The van der Waals surface area contributed by atoms with Crippen LogP contribution >= 0.6 is 0 Å². The maximum absolute atomic E-state index is 13.6. The number of hydrogen-bond donors (Lipinski definition) is 1. The molecule has 1 N–H and O–H groups in total. The topological polar surface area (TPSA) is 92.6 Å². The number of Topliss-reactive ketones (excluding diaryl/α,β-unsaturated/α-hetero) is 1. The highest BCUT2D eigenvalue weighted by Gasteiger charge is 2.45. The summed E-state index contributed by atoms with van der Waals surface area (Å²) in [7, 11) is 0. The number of carbonyl (C=O) groups excluding carboxylic acids is 2. The van der Waals surface area contributed by atoms with Crippen LogP contribution in [0.1, 0.15) is 54.0 Å². The molecule has 7 nitrogen and oxygen atoms in total. The van der Waals surface area contributed by atoms with Crippen molar-refractivity contribution in [1.29, 1.82) is 0 Å². The second-order valence-corrected chi connectivity index (χ2v) is 9.65. The van der Waals surface area contributed by atoms with Crippen LogP contribution in [-0.2, 0) is 10.2 Å². The van der Waals surface area contributed by atoms with Crippen molar-refractivity contribution in [3.63, 3.8) is 0 Å². The van der Waals surface area contributed by atoms with Crippen molar-refractivity contribution in [2.45, 2.75) is 45.5 Å². The van der Waals surface area contributed by atoms with Gasteiger partial charge in [0.25, 0.3) is 5.91 Å². The Bertz CT molecular complexity index is 1360. The minimum absolute atomic E-state index is 0.0636. The summed E-state index contributed by atoms with van der Waals surface area (Å²) in [6, 6.07) is 13.5. The average Bonchev–Trinajstić information content (AvgIpc) is 3.08. The summed E-state index contributed by atoms with van der Waals surface area (Å²) in [4.78, 5) is 27.9. The number of nitrogens with zero attached hydrogens (tertiary/aromatic N) is 3. The van der Waals surface area contributed by atoms with Gasteiger partial charge in [-0.15, -0.1) is 18.3 Å². The first-order valence-corrected chi connectivity index (χ1v) is 11.3. The molecule has 0 radical (unpaired) electrons. The summed E-state index contributed by atoms with van der Waals surface area (Å²) in [5.41, 5.74) is 1.69. The van der Waals surface area contributed by atoms with Crippen molar-refractivity contribution in [3.8, 4) is 5.75 Å². The SMILES string of the molecule is Cc1ccc(N2C(=O)C(O)=C(C(=O)c3ccc(C(C)(C)C)cc3)C2c2ccc(OC(F)(F)F)cc2)nn1. The van der Waals surface area contributed by atoms with Crippen LogP contribution in [0.2, 0.25) is 0 Å². The van der Waals surface area contributed by atoms with Gasteiger partial charge in [0, 0.05) is 5.56 Å². The maximum Gasteiger partial charge on any atom is 0.573 e. The number of hydrogen-bond acceptors (Lipinski definition) is 6. The highest BCUT2D eigenvalue weighted by Crippen LogP contribution is 2.42. The van der Waals surface area contributed by atoms with E-state index in [1.807, 2.05) is 20.8 Å². The third-order valence-electron chi connectivity index (χ3n) is 5.93. The Kier molecular flexibility index (Phi) is 6.53. The fraction of sp³-hybridized carbons (Fsp3) is 0.259. The standard InChI is InChI=1S/C27H24F3N3O4/c1-15-5-14-20(32-31-15)33-22(16-8-12-19(13-9-16)37-27(28,29)30)21(24(35)25(33)36)23(34)17-6-10-18(11-7-17)26(2,3)4/h5-14,22,35H,1-4H3. The Balaban J connectivity index is 1.79. The molecule has 1 unspecified atom stereocenters. The van der Waals surface area contributed by atoms with Crippen molar-refractivity contribution in [1.82, 2.24) is 10.2 Å². The van der Waals surface area contributed by atoms with Gasteiger partial charge in [0.05, 0.1) is 17.3 Å². The number of halogens is 3. The average molecular weight is 512 g/mol. The van der Waals surface area contributed by atoms with Crippen LogP contribution in [0.4, 0.5) is 19.0 Å². The van der Waals surface area contributed by atoms with E-state index in [2.05, 4.69) is 14.9 Å². The Labute approximate surface area is 211 Å². The van der Waals surface area contributed by atoms with Crippen molar-refractivity contribution in [3.05, 3.63) is 94.4 Å². The van der Waals surface area contributed by atoms with Gasteiger partial charge in [-0.1, -0.05) is 57.2 Å². The van der Waals surface area contributed by atoms with Crippen LogP contribution < -0.4 is 9.64 Å². The normalized spacial score (nSPS) is 16.4. The Morgan fingerprint density at radius 3 is 2.08 bits per heavy atom. The molecule has 10 heteroatoms. The van der Waals surface area contributed by atoms with E-state index < -0.39 is 35.6 Å². The maximum atomic E-state index is 13.6. The van der Waals surface area contributed by atoms with Crippen molar-refractivity contribution >= 4 is 17.5 Å². The number of ketones is 1. The second-order valence-electron chi connectivity index (χ2n) is 9.65. The summed E-state index contributed by atoms with van der Waals surface area (Å²) in [6.45, 7) is 7.77. The Hall–Kier alpha value is -4.21. The van der Waals surface area contributed by atoms with E-state index >= 15 is 0 Å². The number of rotatable bonds is 5. The number of alkyl halides is 3. The van der Waals surface area contributed by atoms with Gasteiger partial charge in [-0.2, -0.15) is 5.10 Å². The summed E-state index contributed by atoms with van der Waals surface area (Å²) in [5, 5.41) is 18.8.